The molecule has 0 spiro atoms. The number of hydrogen-bond acceptors (Lipinski definition) is 3. The fraction of sp³-hybridized carbons (Fsp3) is 0.538. The zero-order valence-electron chi connectivity index (χ0n) is 10.1. The number of benzene rings is 1. The third kappa shape index (κ3) is 3.04. The van der Waals surface area contributed by atoms with E-state index >= 15 is 0 Å². The van der Waals surface area contributed by atoms with Crippen molar-refractivity contribution in [2.75, 3.05) is 6.61 Å². The van der Waals surface area contributed by atoms with Crippen LogP contribution >= 0.6 is 0 Å². The minimum absolute atomic E-state index is 0.00588. The SMILES string of the molecule is CC(O)C(C)NC(C)(CO)c1ccccc1. The van der Waals surface area contributed by atoms with E-state index in [1.807, 2.05) is 44.2 Å². The predicted octanol–water partition coefficient (Wildman–Crippen LogP) is 1.25. The Morgan fingerprint density at radius 1 is 1.25 bits per heavy atom. The van der Waals surface area contributed by atoms with Crippen LogP contribution in [-0.2, 0) is 5.54 Å². The minimum atomic E-state index is -0.516. The Kier molecular flexibility index (Phi) is 4.47. The fourth-order valence-corrected chi connectivity index (χ4v) is 1.65. The van der Waals surface area contributed by atoms with E-state index in [2.05, 4.69) is 5.32 Å². The van der Waals surface area contributed by atoms with Gasteiger partial charge in [-0.2, -0.15) is 0 Å². The second-order valence-corrected chi connectivity index (χ2v) is 4.53. The summed E-state index contributed by atoms with van der Waals surface area (Å²) in [4.78, 5) is 0. The van der Waals surface area contributed by atoms with Gasteiger partial charge in [0.1, 0.15) is 0 Å². The van der Waals surface area contributed by atoms with Gasteiger partial charge in [0.05, 0.1) is 18.2 Å². The molecule has 16 heavy (non-hydrogen) atoms. The van der Waals surface area contributed by atoms with Gasteiger partial charge in [-0.15, -0.1) is 0 Å². The quantitative estimate of drug-likeness (QED) is 0.704. The summed E-state index contributed by atoms with van der Waals surface area (Å²) in [5, 5.41) is 22.3. The van der Waals surface area contributed by atoms with Crippen molar-refractivity contribution in [2.45, 2.75) is 38.5 Å². The van der Waals surface area contributed by atoms with Crippen LogP contribution in [0.2, 0.25) is 0 Å². The highest BCUT2D eigenvalue weighted by atomic mass is 16.3. The molecule has 0 saturated heterocycles. The molecule has 3 nitrogen and oxygen atoms in total. The maximum atomic E-state index is 9.53. The normalized spacial score (nSPS) is 18.8. The van der Waals surface area contributed by atoms with E-state index in [9.17, 15) is 10.2 Å². The molecular formula is C13H21NO2. The molecule has 0 radical (unpaired) electrons. The van der Waals surface area contributed by atoms with Gasteiger partial charge in [0.2, 0.25) is 0 Å². The van der Waals surface area contributed by atoms with E-state index in [0.29, 0.717) is 0 Å². The molecule has 0 fully saturated rings. The molecule has 1 aromatic carbocycles. The Bertz CT molecular complexity index is 313. The van der Waals surface area contributed by atoms with Crippen molar-refractivity contribution in [2.24, 2.45) is 0 Å². The van der Waals surface area contributed by atoms with Gasteiger partial charge in [-0.05, 0) is 26.3 Å². The molecule has 0 bridgehead atoms. The van der Waals surface area contributed by atoms with Crippen molar-refractivity contribution >= 4 is 0 Å². The first kappa shape index (κ1) is 13.2. The number of aliphatic hydroxyl groups is 2. The van der Waals surface area contributed by atoms with Gasteiger partial charge in [-0.3, -0.25) is 0 Å². The molecule has 0 heterocycles. The first-order valence-electron chi connectivity index (χ1n) is 5.62. The largest absolute Gasteiger partial charge is 0.394 e. The van der Waals surface area contributed by atoms with Crippen molar-refractivity contribution in [3.63, 3.8) is 0 Å². The van der Waals surface area contributed by atoms with Gasteiger partial charge < -0.3 is 15.5 Å². The highest BCUT2D eigenvalue weighted by Crippen LogP contribution is 2.20. The average Bonchev–Trinajstić information content (AvgIpc) is 2.29. The Balaban J connectivity index is 2.86. The monoisotopic (exact) mass is 223 g/mol. The third-order valence-corrected chi connectivity index (χ3v) is 3.00. The molecule has 0 aliphatic rings. The first-order chi connectivity index (χ1) is 7.49. The molecule has 90 valence electrons. The summed E-state index contributed by atoms with van der Waals surface area (Å²) in [6, 6.07) is 9.70. The molecule has 1 rings (SSSR count). The summed E-state index contributed by atoms with van der Waals surface area (Å²) < 4.78 is 0. The van der Waals surface area contributed by atoms with E-state index in [4.69, 9.17) is 0 Å². The van der Waals surface area contributed by atoms with Crippen molar-refractivity contribution in [1.29, 1.82) is 0 Å². The molecule has 0 aliphatic carbocycles. The van der Waals surface area contributed by atoms with Crippen LogP contribution in [0.4, 0.5) is 0 Å². The van der Waals surface area contributed by atoms with E-state index < -0.39 is 11.6 Å². The summed E-state index contributed by atoms with van der Waals surface area (Å²) in [6.45, 7) is 5.57. The lowest BCUT2D eigenvalue weighted by atomic mass is 9.91. The molecular weight excluding hydrogens is 202 g/mol. The van der Waals surface area contributed by atoms with Gasteiger partial charge in [-0.1, -0.05) is 30.3 Å². The van der Waals surface area contributed by atoms with Gasteiger partial charge in [-0.25, -0.2) is 0 Å². The molecule has 3 heteroatoms. The summed E-state index contributed by atoms with van der Waals surface area (Å²) in [6.07, 6.45) is -0.449. The Morgan fingerprint density at radius 2 is 1.81 bits per heavy atom. The van der Waals surface area contributed by atoms with Crippen LogP contribution in [-0.4, -0.2) is 29.0 Å². The summed E-state index contributed by atoms with van der Waals surface area (Å²) in [5.41, 5.74) is 0.502. The molecule has 3 N–H and O–H groups in total. The fourth-order valence-electron chi connectivity index (χ4n) is 1.65. The van der Waals surface area contributed by atoms with Gasteiger partial charge in [0.25, 0.3) is 0 Å². The molecule has 1 aromatic rings. The Morgan fingerprint density at radius 3 is 2.25 bits per heavy atom. The van der Waals surface area contributed by atoms with E-state index in [-0.39, 0.29) is 12.6 Å². The molecule has 3 atom stereocenters. The Labute approximate surface area is 97.1 Å². The first-order valence-corrected chi connectivity index (χ1v) is 5.62. The van der Waals surface area contributed by atoms with Gasteiger partial charge >= 0.3 is 0 Å². The summed E-state index contributed by atoms with van der Waals surface area (Å²) >= 11 is 0. The number of aliphatic hydroxyl groups excluding tert-OH is 2. The second-order valence-electron chi connectivity index (χ2n) is 4.53. The molecule has 0 aliphatic heterocycles. The lowest BCUT2D eigenvalue weighted by molar-refractivity contribution is 0.103. The van der Waals surface area contributed by atoms with E-state index in [1.165, 1.54) is 0 Å². The lowest BCUT2D eigenvalue weighted by Gasteiger charge is -2.34. The van der Waals surface area contributed by atoms with Crippen LogP contribution in [0.1, 0.15) is 26.3 Å². The van der Waals surface area contributed by atoms with Crippen molar-refractivity contribution < 1.29 is 10.2 Å². The van der Waals surface area contributed by atoms with Crippen LogP contribution < -0.4 is 5.32 Å². The van der Waals surface area contributed by atoms with Crippen LogP contribution in [0.3, 0.4) is 0 Å². The standard InChI is InChI=1S/C13H21NO2/c1-10(11(2)16)14-13(3,9-15)12-7-5-4-6-8-12/h4-8,10-11,14-16H,9H2,1-3H3. The topological polar surface area (TPSA) is 52.5 Å². The third-order valence-electron chi connectivity index (χ3n) is 3.00. The average molecular weight is 223 g/mol. The van der Waals surface area contributed by atoms with Crippen molar-refractivity contribution in [1.82, 2.24) is 5.32 Å². The predicted molar refractivity (Wildman–Crippen MR) is 65.2 cm³/mol. The van der Waals surface area contributed by atoms with Crippen molar-refractivity contribution in [3.8, 4) is 0 Å². The highest BCUT2D eigenvalue weighted by molar-refractivity contribution is 5.23. The van der Waals surface area contributed by atoms with E-state index in [0.717, 1.165) is 5.56 Å². The second kappa shape index (κ2) is 5.43. The maximum Gasteiger partial charge on any atom is 0.0662 e. The molecule has 0 saturated carbocycles. The Hall–Kier alpha value is -0.900. The zero-order chi connectivity index (χ0) is 12.2. The highest BCUT2D eigenvalue weighted by Gasteiger charge is 2.28. The smallest absolute Gasteiger partial charge is 0.0662 e. The number of hydrogen-bond donors (Lipinski definition) is 3. The minimum Gasteiger partial charge on any atom is -0.394 e. The molecule has 0 aromatic heterocycles. The lowest BCUT2D eigenvalue weighted by Crippen LogP contribution is -2.50. The molecule has 0 amide bonds. The van der Waals surface area contributed by atoms with Crippen LogP contribution in [0.25, 0.3) is 0 Å². The van der Waals surface area contributed by atoms with Crippen molar-refractivity contribution in [3.05, 3.63) is 35.9 Å². The van der Waals surface area contributed by atoms with Crippen LogP contribution in [0, 0.1) is 0 Å². The van der Waals surface area contributed by atoms with Crippen LogP contribution in [0.15, 0.2) is 30.3 Å². The van der Waals surface area contributed by atoms with E-state index in [1.54, 1.807) is 6.92 Å². The number of rotatable bonds is 5. The maximum absolute atomic E-state index is 9.53. The number of nitrogens with one attached hydrogen (secondary N) is 1. The summed E-state index contributed by atoms with van der Waals surface area (Å²) in [5.74, 6) is 0. The zero-order valence-corrected chi connectivity index (χ0v) is 10.1. The molecule has 3 unspecified atom stereocenters. The van der Waals surface area contributed by atoms with Crippen LogP contribution in [0.5, 0.6) is 0 Å². The van der Waals surface area contributed by atoms with Gasteiger partial charge in [0.15, 0.2) is 0 Å². The van der Waals surface area contributed by atoms with Gasteiger partial charge in [0, 0.05) is 6.04 Å². The summed E-state index contributed by atoms with van der Waals surface area (Å²) in [7, 11) is 0.